The lowest BCUT2D eigenvalue weighted by atomic mass is 10.1. The van der Waals surface area contributed by atoms with Crippen LogP contribution in [0.15, 0.2) is 48.9 Å². The maximum atomic E-state index is 12.2. The van der Waals surface area contributed by atoms with Gasteiger partial charge in [0, 0.05) is 12.4 Å². The van der Waals surface area contributed by atoms with Crippen LogP contribution in [0.1, 0.15) is 16.1 Å². The Balaban J connectivity index is 1.81. The van der Waals surface area contributed by atoms with Crippen LogP contribution in [-0.4, -0.2) is 31.1 Å². The van der Waals surface area contributed by atoms with Gasteiger partial charge in [0.1, 0.15) is 5.69 Å². The summed E-state index contributed by atoms with van der Waals surface area (Å²) in [6.07, 6.45) is 5.04. The van der Waals surface area contributed by atoms with Crippen molar-refractivity contribution < 1.29 is 4.79 Å². The minimum absolute atomic E-state index is 0.181. The van der Waals surface area contributed by atoms with Crippen molar-refractivity contribution in [3.8, 4) is 5.69 Å². The normalized spacial score (nSPS) is 10.4. The monoisotopic (exact) mass is 268 g/mol. The van der Waals surface area contributed by atoms with E-state index in [4.69, 9.17) is 0 Å². The van der Waals surface area contributed by atoms with E-state index in [9.17, 15) is 4.79 Å². The average molecular weight is 268 g/mol. The molecule has 0 fully saturated rings. The minimum Gasteiger partial charge on any atom is -0.346 e. The quantitative estimate of drug-likeness (QED) is 0.736. The minimum atomic E-state index is -0.181. The molecule has 7 nitrogen and oxygen atoms in total. The third-order valence-corrected chi connectivity index (χ3v) is 2.79. The topological polar surface area (TPSA) is 88.5 Å². The number of H-pyrrole nitrogens is 1. The van der Waals surface area contributed by atoms with Crippen molar-refractivity contribution in [1.82, 2.24) is 30.5 Å². The molecule has 7 heteroatoms. The van der Waals surface area contributed by atoms with Gasteiger partial charge in [0.2, 0.25) is 0 Å². The van der Waals surface area contributed by atoms with E-state index in [1.807, 2.05) is 24.3 Å². The third kappa shape index (κ3) is 2.41. The van der Waals surface area contributed by atoms with Crippen LogP contribution in [0.3, 0.4) is 0 Å². The molecule has 0 radical (unpaired) electrons. The lowest BCUT2D eigenvalue weighted by Crippen LogP contribution is -2.24. The Morgan fingerprint density at radius 2 is 2.20 bits per heavy atom. The Bertz CT molecular complexity index is 689. The number of hydrogen-bond donors (Lipinski definition) is 2. The average Bonchev–Trinajstić information content (AvgIpc) is 3.18. The summed E-state index contributed by atoms with van der Waals surface area (Å²) in [7, 11) is 0. The number of amides is 1. The highest BCUT2D eigenvalue weighted by molar-refractivity contribution is 5.97. The van der Waals surface area contributed by atoms with E-state index in [2.05, 4.69) is 25.8 Å². The van der Waals surface area contributed by atoms with E-state index in [0.29, 0.717) is 17.8 Å². The van der Waals surface area contributed by atoms with E-state index in [1.54, 1.807) is 29.3 Å². The molecule has 20 heavy (non-hydrogen) atoms. The maximum Gasteiger partial charge on any atom is 0.253 e. The summed E-state index contributed by atoms with van der Waals surface area (Å²) >= 11 is 0. The summed E-state index contributed by atoms with van der Waals surface area (Å²) in [6.45, 7) is 0.322. The van der Waals surface area contributed by atoms with Gasteiger partial charge in [0.05, 0.1) is 24.0 Å². The fourth-order valence-corrected chi connectivity index (χ4v) is 1.85. The first kappa shape index (κ1) is 12.1. The molecule has 100 valence electrons. The third-order valence-electron chi connectivity index (χ3n) is 2.79. The van der Waals surface area contributed by atoms with Gasteiger partial charge in [0.25, 0.3) is 5.91 Å². The smallest absolute Gasteiger partial charge is 0.253 e. The zero-order valence-corrected chi connectivity index (χ0v) is 10.5. The number of carbonyl (C=O) groups is 1. The second-order valence-electron chi connectivity index (χ2n) is 4.11. The van der Waals surface area contributed by atoms with Gasteiger partial charge in [-0.15, -0.1) is 0 Å². The first-order chi connectivity index (χ1) is 9.84. The second-order valence-corrected chi connectivity index (χ2v) is 4.11. The van der Waals surface area contributed by atoms with Crippen LogP contribution in [0.5, 0.6) is 0 Å². The van der Waals surface area contributed by atoms with E-state index in [0.717, 1.165) is 5.69 Å². The molecule has 0 saturated heterocycles. The number of aromatic nitrogens is 5. The number of para-hydroxylation sites is 1. The maximum absolute atomic E-state index is 12.2. The van der Waals surface area contributed by atoms with Crippen LogP contribution in [0.4, 0.5) is 0 Å². The molecule has 0 aliphatic heterocycles. The highest BCUT2D eigenvalue weighted by atomic mass is 16.1. The molecule has 0 saturated carbocycles. The van der Waals surface area contributed by atoms with Crippen molar-refractivity contribution in [2.75, 3.05) is 0 Å². The van der Waals surface area contributed by atoms with Crippen LogP contribution in [0.25, 0.3) is 5.69 Å². The molecule has 0 unspecified atom stereocenters. The van der Waals surface area contributed by atoms with Gasteiger partial charge in [-0.1, -0.05) is 12.1 Å². The fraction of sp³-hybridized carbons (Fsp3) is 0.0769. The molecule has 2 aromatic heterocycles. The number of hydrogen-bond acceptors (Lipinski definition) is 4. The number of nitrogens with zero attached hydrogens (tertiary/aromatic N) is 4. The Kier molecular flexibility index (Phi) is 3.24. The van der Waals surface area contributed by atoms with Crippen LogP contribution < -0.4 is 5.32 Å². The van der Waals surface area contributed by atoms with E-state index < -0.39 is 0 Å². The lowest BCUT2D eigenvalue weighted by molar-refractivity contribution is 0.0950. The van der Waals surface area contributed by atoms with Gasteiger partial charge in [-0.2, -0.15) is 20.5 Å². The summed E-state index contributed by atoms with van der Waals surface area (Å²) in [5.74, 6) is -0.181. The standard InChI is InChI=1S/C13H12N6O/c20-13(14-8-10-9-15-18-17-10)11-4-1-2-5-12(11)19-7-3-6-16-19/h1-7,9H,8H2,(H,14,20)(H,15,17,18). The zero-order valence-electron chi connectivity index (χ0n) is 10.5. The highest BCUT2D eigenvalue weighted by Gasteiger charge is 2.12. The highest BCUT2D eigenvalue weighted by Crippen LogP contribution is 2.13. The summed E-state index contributed by atoms with van der Waals surface area (Å²) in [5, 5.41) is 17.0. The number of aromatic amines is 1. The summed E-state index contributed by atoms with van der Waals surface area (Å²) in [6, 6.07) is 9.10. The molecule has 1 amide bonds. The molecule has 3 aromatic rings. The predicted molar refractivity (Wildman–Crippen MR) is 71.1 cm³/mol. The molecular formula is C13H12N6O. The van der Waals surface area contributed by atoms with Gasteiger partial charge in [-0.05, 0) is 18.2 Å². The first-order valence-electron chi connectivity index (χ1n) is 6.06. The molecule has 0 aliphatic carbocycles. The molecule has 0 atom stereocenters. The van der Waals surface area contributed by atoms with Gasteiger partial charge < -0.3 is 5.32 Å². The van der Waals surface area contributed by atoms with Gasteiger partial charge in [-0.25, -0.2) is 4.68 Å². The Labute approximate surface area is 114 Å². The number of rotatable bonds is 4. The van der Waals surface area contributed by atoms with Gasteiger partial charge in [0.15, 0.2) is 0 Å². The van der Waals surface area contributed by atoms with E-state index >= 15 is 0 Å². The van der Waals surface area contributed by atoms with Crippen LogP contribution in [-0.2, 0) is 6.54 Å². The Morgan fingerprint density at radius 3 is 2.95 bits per heavy atom. The van der Waals surface area contributed by atoms with Crippen molar-refractivity contribution in [2.45, 2.75) is 6.54 Å². The summed E-state index contributed by atoms with van der Waals surface area (Å²) < 4.78 is 1.66. The van der Waals surface area contributed by atoms with Crippen LogP contribution in [0.2, 0.25) is 0 Å². The van der Waals surface area contributed by atoms with Crippen molar-refractivity contribution in [1.29, 1.82) is 0 Å². The molecule has 0 aliphatic rings. The Morgan fingerprint density at radius 1 is 1.30 bits per heavy atom. The largest absolute Gasteiger partial charge is 0.346 e. The zero-order chi connectivity index (χ0) is 13.8. The number of carbonyl (C=O) groups excluding carboxylic acids is 1. The predicted octanol–water partition coefficient (Wildman–Crippen LogP) is 0.920. The summed E-state index contributed by atoms with van der Waals surface area (Å²) in [4.78, 5) is 12.2. The van der Waals surface area contributed by atoms with Gasteiger partial charge >= 0.3 is 0 Å². The van der Waals surface area contributed by atoms with E-state index in [1.165, 1.54) is 0 Å². The molecule has 3 rings (SSSR count). The number of nitrogens with one attached hydrogen (secondary N) is 2. The molecule has 1 aromatic carbocycles. The lowest BCUT2D eigenvalue weighted by Gasteiger charge is -2.09. The van der Waals surface area contributed by atoms with Gasteiger partial charge in [-0.3, -0.25) is 4.79 Å². The fourth-order valence-electron chi connectivity index (χ4n) is 1.85. The second kappa shape index (κ2) is 5.35. The van der Waals surface area contributed by atoms with E-state index in [-0.39, 0.29) is 5.91 Å². The van der Waals surface area contributed by atoms with Crippen molar-refractivity contribution in [3.05, 3.63) is 60.2 Å². The molecule has 0 spiro atoms. The molecule has 2 N–H and O–H groups in total. The molecule has 2 heterocycles. The van der Waals surface area contributed by atoms with Crippen molar-refractivity contribution >= 4 is 5.91 Å². The Hall–Kier alpha value is -2.96. The van der Waals surface area contributed by atoms with Crippen LogP contribution >= 0.6 is 0 Å². The SMILES string of the molecule is O=C(NCc1cn[nH]n1)c1ccccc1-n1cccn1. The van der Waals surface area contributed by atoms with Crippen LogP contribution in [0, 0.1) is 0 Å². The van der Waals surface area contributed by atoms with Crippen molar-refractivity contribution in [3.63, 3.8) is 0 Å². The number of benzene rings is 1. The molecular weight excluding hydrogens is 256 g/mol. The summed E-state index contributed by atoms with van der Waals surface area (Å²) in [5.41, 5.74) is 1.96. The first-order valence-corrected chi connectivity index (χ1v) is 6.06. The molecule has 0 bridgehead atoms. The van der Waals surface area contributed by atoms with Crippen molar-refractivity contribution in [2.24, 2.45) is 0 Å².